The summed E-state index contributed by atoms with van der Waals surface area (Å²) in [6.07, 6.45) is 0. The molecule has 0 aliphatic rings. The van der Waals surface area contributed by atoms with Gasteiger partial charge in [0.15, 0.2) is 0 Å². The Kier molecular flexibility index (Phi) is 3.57. The van der Waals surface area contributed by atoms with E-state index in [1.54, 1.807) is 25.1 Å². The molecular weight excluding hydrogens is 179 g/mol. The minimum absolute atomic E-state index is 0.329. The summed E-state index contributed by atoms with van der Waals surface area (Å²) < 4.78 is 9.81. The van der Waals surface area contributed by atoms with Crippen molar-refractivity contribution in [1.82, 2.24) is 0 Å². The molecule has 0 aromatic heterocycles. The van der Waals surface area contributed by atoms with Crippen LogP contribution >= 0.6 is 0 Å². The first-order valence-corrected chi connectivity index (χ1v) is 4.29. The van der Waals surface area contributed by atoms with Crippen molar-refractivity contribution in [1.29, 1.82) is 0 Å². The van der Waals surface area contributed by atoms with Crippen molar-refractivity contribution < 1.29 is 14.3 Å². The second kappa shape index (κ2) is 4.70. The van der Waals surface area contributed by atoms with Gasteiger partial charge in [-0.3, -0.25) is 0 Å². The predicted octanol–water partition coefficient (Wildman–Crippen LogP) is 0.666. The summed E-state index contributed by atoms with van der Waals surface area (Å²) in [5.74, 6) is 0.158. The van der Waals surface area contributed by atoms with E-state index in [4.69, 9.17) is 17.3 Å². The SMILES string of the molecule is [B]c1ccc(OC)cc1C(=O)OCC. The van der Waals surface area contributed by atoms with Crippen molar-refractivity contribution in [3.63, 3.8) is 0 Å². The summed E-state index contributed by atoms with van der Waals surface area (Å²) in [6.45, 7) is 2.07. The number of rotatable bonds is 3. The van der Waals surface area contributed by atoms with Gasteiger partial charge >= 0.3 is 5.97 Å². The minimum Gasteiger partial charge on any atom is -0.497 e. The van der Waals surface area contributed by atoms with Crippen molar-refractivity contribution in [2.45, 2.75) is 6.92 Å². The van der Waals surface area contributed by atoms with Gasteiger partial charge in [0.05, 0.1) is 19.3 Å². The van der Waals surface area contributed by atoms with E-state index in [0.29, 0.717) is 23.4 Å². The van der Waals surface area contributed by atoms with Crippen LogP contribution < -0.4 is 10.2 Å². The fourth-order valence-corrected chi connectivity index (χ4v) is 1.05. The Labute approximate surface area is 84.4 Å². The predicted molar refractivity (Wildman–Crippen MR) is 54.3 cm³/mol. The van der Waals surface area contributed by atoms with E-state index in [0.717, 1.165) is 0 Å². The van der Waals surface area contributed by atoms with E-state index in [9.17, 15) is 4.79 Å². The fraction of sp³-hybridized carbons (Fsp3) is 0.300. The van der Waals surface area contributed by atoms with Crippen LogP contribution in [0.4, 0.5) is 0 Å². The van der Waals surface area contributed by atoms with E-state index in [-0.39, 0.29) is 0 Å². The molecule has 2 radical (unpaired) electrons. The number of esters is 1. The maximum Gasteiger partial charge on any atom is 0.337 e. The molecule has 0 amide bonds. The van der Waals surface area contributed by atoms with Crippen LogP contribution in [-0.4, -0.2) is 27.5 Å². The number of carbonyl (C=O) groups excluding carboxylic acids is 1. The monoisotopic (exact) mass is 190 g/mol. The van der Waals surface area contributed by atoms with Gasteiger partial charge < -0.3 is 9.47 Å². The average molecular weight is 190 g/mol. The molecule has 0 heterocycles. The van der Waals surface area contributed by atoms with Gasteiger partial charge in [0.2, 0.25) is 0 Å². The standard InChI is InChI=1S/C10H11BO3/c1-3-14-10(12)8-6-7(13-2)4-5-9(8)11/h4-6H,3H2,1-2H3. The van der Waals surface area contributed by atoms with Crippen LogP contribution in [0.1, 0.15) is 17.3 Å². The molecule has 0 aliphatic carbocycles. The molecule has 1 aromatic carbocycles. The van der Waals surface area contributed by atoms with Gasteiger partial charge in [-0.2, -0.15) is 0 Å². The van der Waals surface area contributed by atoms with Gasteiger partial charge in [0.1, 0.15) is 13.6 Å². The molecule has 0 saturated heterocycles. The number of hydrogen-bond donors (Lipinski definition) is 0. The summed E-state index contributed by atoms with van der Waals surface area (Å²) in [4.78, 5) is 11.4. The van der Waals surface area contributed by atoms with Crippen molar-refractivity contribution in [2.75, 3.05) is 13.7 Å². The summed E-state index contributed by atoms with van der Waals surface area (Å²) in [7, 11) is 7.15. The molecule has 0 N–H and O–H groups in total. The average Bonchev–Trinajstić information content (AvgIpc) is 2.19. The van der Waals surface area contributed by atoms with Crippen LogP contribution in [0.15, 0.2) is 18.2 Å². The van der Waals surface area contributed by atoms with Gasteiger partial charge in [-0.05, 0) is 19.1 Å². The van der Waals surface area contributed by atoms with Crippen LogP contribution in [0.5, 0.6) is 5.75 Å². The Bertz CT molecular complexity index is 336. The van der Waals surface area contributed by atoms with Gasteiger partial charge in [-0.25, -0.2) is 4.79 Å². The first kappa shape index (κ1) is 10.6. The van der Waals surface area contributed by atoms with E-state index in [1.807, 2.05) is 0 Å². The van der Waals surface area contributed by atoms with Gasteiger partial charge in [-0.1, -0.05) is 11.5 Å². The van der Waals surface area contributed by atoms with Crippen LogP contribution in [0.2, 0.25) is 0 Å². The van der Waals surface area contributed by atoms with Crippen molar-refractivity contribution in [3.05, 3.63) is 23.8 Å². The number of carbonyl (C=O) groups is 1. The van der Waals surface area contributed by atoms with Crippen LogP contribution in [0.3, 0.4) is 0 Å². The molecule has 0 unspecified atom stereocenters. The molecule has 1 aromatic rings. The first-order valence-electron chi connectivity index (χ1n) is 4.29. The highest BCUT2D eigenvalue weighted by atomic mass is 16.5. The highest BCUT2D eigenvalue weighted by molar-refractivity contribution is 6.36. The maximum atomic E-state index is 11.4. The molecule has 1 rings (SSSR count). The fourth-order valence-electron chi connectivity index (χ4n) is 1.05. The van der Waals surface area contributed by atoms with Crippen molar-refractivity contribution >= 4 is 19.3 Å². The zero-order valence-corrected chi connectivity index (χ0v) is 8.24. The Morgan fingerprint density at radius 1 is 1.50 bits per heavy atom. The van der Waals surface area contributed by atoms with E-state index < -0.39 is 5.97 Å². The number of methoxy groups -OCH3 is 1. The largest absolute Gasteiger partial charge is 0.497 e. The molecule has 3 nitrogen and oxygen atoms in total. The lowest BCUT2D eigenvalue weighted by Gasteiger charge is -2.07. The number of ether oxygens (including phenoxy) is 2. The quantitative estimate of drug-likeness (QED) is 0.518. The van der Waals surface area contributed by atoms with Gasteiger partial charge in [0, 0.05) is 0 Å². The minimum atomic E-state index is -0.427. The highest BCUT2D eigenvalue weighted by Crippen LogP contribution is 2.11. The van der Waals surface area contributed by atoms with Crippen LogP contribution in [0, 0.1) is 0 Å². The normalized spacial score (nSPS) is 9.57. The topological polar surface area (TPSA) is 35.5 Å². The Morgan fingerprint density at radius 3 is 2.79 bits per heavy atom. The molecule has 0 spiro atoms. The summed E-state index contributed by atoms with van der Waals surface area (Å²) in [5, 5.41) is 0. The molecule has 0 aliphatic heterocycles. The van der Waals surface area contributed by atoms with Gasteiger partial charge in [0.25, 0.3) is 0 Å². The summed E-state index contributed by atoms with van der Waals surface area (Å²) in [6, 6.07) is 4.87. The molecule has 4 heteroatoms. The van der Waals surface area contributed by atoms with Crippen LogP contribution in [0.25, 0.3) is 0 Å². The van der Waals surface area contributed by atoms with Crippen LogP contribution in [-0.2, 0) is 4.74 Å². The van der Waals surface area contributed by atoms with E-state index in [1.165, 1.54) is 7.11 Å². The highest BCUT2D eigenvalue weighted by Gasteiger charge is 2.10. The third-order valence-corrected chi connectivity index (χ3v) is 1.76. The lowest BCUT2D eigenvalue weighted by molar-refractivity contribution is 0.0527. The molecule has 0 bridgehead atoms. The molecule has 0 atom stereocenters. The Morgan fingerprint density at radius 2 is 2.21 bits per heavy atom. The molecule has 0 saturated carbocycles. The summed E-state index contributed by atoms with van der Waals surface area (Å²) in [5.41, 5.74) is 0.732. The third-order valence-electron chi connectivity index (χ3n) is 1.76. The first-order chi connectivity index (χ1) is 6.69. The third kappa shape index (κ3) is 2.28. The maximum absolute atomic E-state index is 11.4. The van der Waals surface area contributed by atoms with Crippen molar-refractivity contribution in [3.8, 4) is 5.75 Å². The zero-order chi connectivity index (χ0) is 10.6. The molecule has 14 heavy (non-hydrogen) atoms. The number of hydrogen-bond acceptors (Lipinski definition) is 3. The second-order valence-electron chi connectivity index (χ2n) is 2.67. The molecule has 72 valence electrons. The lowest BCUT2D eigenvalue weighted by Crippen LogP contribution is -2.17. The van der Waals surface area contributed by atoms with E-state index >= 15 is 0 Å². The Balaban J connectivity index is 2.99. The second-order valence-corrected chi connectivity index (χ2v) is 2.67. The number of benzene rings is 1. The zero-order valence-electron chi connectivity index (χ0n) is 8.24. The molecule has 0 fully saturated rings. The molecular formula is C10H11BO3. The lowest BCUT2D eigenvalue weighted by atomic mass is 9.90. The van der Waals surface area contributed by atoms with Crippen molar-refractivity contribution in [2.24, 2.45) is 0 Å². The van der Waals surface area contributed by atoms with E-state index in [2.05, 4.69) is 0 Å². The van der Waals surface area contributed by atoms with Gasteiger partial charge in [-0.15, -0.1) is 0 Å². The summed E-state index contributed by atoms with van der Waals surface area (Å²) >= 11 is 0. The Hall–Kier alpha value is -1.45. The smallest absolute Gasteiger partial charge is 0.337 e.